The summed E-state index contributed by atoms with van der Waals surface area (Å²) in [6.45, 7) is 2.73. The summed E-state index contributed by atoms with van der Waals surface area (Å²) in [5.74, 6) is 0.813. The van der Waals surface area contributed by atoms with Crippen LogP contribution in [-0.4, -0.2) is 33.0 Å². The summed E-state index contributed by atoms with van der Waals surface area (Å²) in [5, 5.41) is 0. The summed E-state index contributed by atoms with van der Waals surface area (Å²) in [6.07, 6.45) is 0. The first kappa shape index (κ1) is 16.7. The molecule has 24 heavy (non-hydrogen) atoms. The third kappa shape index (κ3) is 3.22. The smallest absolute Gasteiger partial charge is 0.243 e. The van der Waals surface area contributed by atoms with Crippen LogP contribution in [0.15, 0.2) is 41.3 Å². The van der Waals surface area contributed by atoms with Crippen LogP contribution in [0.2, 0.25) is 0 Å². The third-order valence-electron chi connectivity index (χ3n) is 3.84. The summed E-state index contributed by atoms with van der Waals surface area (Å²) >= 11 is 0. The number of nitrogens with zero attached hydrogens (tertiary/aromatic N) is 1. The topological polar surface area (TPSA) is 55.8 Å². The summed E-state index contributed by atoms with van der Waals surface area (Å²) < 4.78 is 50.8. The van der Waals surface area contributed by atoms with Crippen molar-refractivity contribution in [2.75, 3.05) is 20.3 Å². The monoisotopic (exact) mass is 351 g/mol. The molecule has 3 rings (SSSR count). The van der Waals surface area contributed by atoms with Crippen LogP contribution in [0, 0.1) is 12.7 Å². The zero-order chi connectivity index (χ0) is 17.3. The van der Waals surface area contributed by atoms with Crippen molar-refractivity contribution in [3.8, 4) is 11.5 Å². The standard InChI is InChI=1S/C17H18FNO4S/c1-12-9-14(18)4-6-17(12)24(20,21)19(2)11-13-3-5-15-16(10-13)23-8-7-22-15/h3-6,9-10H,7-8,11H2,1-2H3. The van der Waals surface area contributed by atoms with Crippen molar-refractivity contribution in [1.82, 2.24) is 4.31 Å². The molecule has 0 N–H and O–H groups in total. The van der Waals surface area contributed by atoms with Crippen molar-refractivity contribution in [2.45, 2.75) is 18.4 Å². The number of rotatable bonds is 4. The minimum atomic E-state index is -3.71. The minimum Gasteiger partial charge on any atom is -0.486 e. The first-order valence-electron chi connectivity index (χ1n) is 7.49. The molecule has 5 nitrogen and oxygen atoms in total. The van der Waals surface area contributed by atoms with Gasteiger partial charge in [0, 0.05) is 13.6 Å². The van der Waals surface area contributed by atoms with Crippen molar-refractivity contribution in [2.24, 2.45) is 0 Å². The van der Waals surface area contributed by atoms with E-state index in [4.69, 9.17) is 9.47 Å². The molecule has 0 spiro atoms. The van der Waals surface area contributed by atoms with Gasteiger partial charge in [0.15, 0.2) is 11.5 Å². The summed E-state index contributed by atoms with van der Waals surface area (Å²) in [4.78, 5) is 0.101. The van der Waals surface area contributed by atoms with Crippen LogP contribution in [0.25, 0.3) is 0 Å². The first-order chi connectivity index (χ1) is 11.4. The molecular formula is C17H18FNO4S. The quantitative estimate of drug-likeness (QED) is 0.850. The van der Waals surface area contributed by atoms with E-state index in [1.807, 2.05) is 0 Å². The maximum Gasteiger partial charge on any atom is 0.243 e. The van der Waals surface area contributed by atoms with E-state index in [1.165, 1.54) is 23.5 Å². The van der Waals surface area contributed by atoms with Crippen molar-refractivity contribution in [3.05, 3.63) is 53.3 Å². The lowest BCUT2D eigenvalue weighted by Gasteiger charge is -2.21. The Bertz CT molecular complexity index is 867. The molecular weight excluding hydrogens is 333 g/mol. The normalized spacial score (nSPS) is 14.0. The summed E-state index contributed by atoms with van der Waals surface area (Å²) in [5.41, 5.74) is 1.16. The largest absolute Gasteiger partial charge is 0.486 e. The lowest BCUT2D eigenvalue weighted by molar-refractivity contribution is 0.171. The Morgan fingerprint density at radius 3 is 2.50 bits per heavy atom. The van der Waals surface area contributed by atoms with Crippen molar-refractivity contribution in [3.63, 3.8) is 0 Å². The highest BCUT2D eigenvalue weighted by Crippen LogP contribution is 2.31. The molecule has 7 heteroatoms. The van der Waals surface area contributed by atoms with E-state index < -0.39 is 15.8 Å². The van der Waals surface area contributed by atoms with Crippen LogP contribution in [0.1, 0.15) is 11.1 Å². The molecule has 2 aromatic carbocycles. The van der Waals surface area contributed by atoms with Gasteiger partial charge in [0.25, 0.3) is 0 Å². The second kappa shape index (κ2) is 6.41. The fourth-order valence-electron chi connectivity index (χ4n) is 2.60. The molecule has 0 radical (unpaired) electrons. The van der Waals surface area contributed by atoms with Gasteiger partial charge in [-0.3, -0.25) is 0 Å². The van der Waals surface area contributed by atoms with Gasteiger partial charge in [-0.2, -0.15) is 4.31 Å². The number of ether oxygens (including phenoxy) is 2. The van der Waals surface area contributed by atoms with Crippen LogP contribution in [0.4, 0.5) is 4.39 Å². The molecule has 0 aliphatic carbocycles. The van der Waals surface area contributed by atoms with Gasteiger partial charge in [0.1, 0.15) is 19.0 Å². The predicted molar refractivity (Wildman–Crippen MR) is 87.2 cm³/mol. The number of hydrogen-bond donors (Lipinski definition) is 0. The first-order valence-corrected chi connectivity index (χ1v) is 8.93. The van der Waals surface area contributed by atoms with Gasteiger partial charge in [-0.25, -0.2) is 12.8 Å². The Hall–Kier alpha value is -2.12. The number of fused-ring (bicyclic) bond motifs is 1. The van der Waals surface area contributed by atoms with E-state index in [9.17, 15) is 12.8 Å². The molecule has 0 amide bonds. The second-order valence-corrected chi connectivity index (χ2v) is 7.66. The van der Waals surface area contributed by atoms with E-state index in [-0.39, 0.29) is 11.4 Å². The SMILES string of the molecule is Cc1cc(F)ccc1S(=O)(=O)N(C)Cc1ccc2c(c1)OCCO2. The Morgan fingerprint density at radius 1 is 1.08 bits per heavy atom. The van der Waals surface area contributed by atoms with Crippen LogP contribution < -0.4 is 9.47 Å². The minimum absolute atomic E-state index is 0.101. The van der Waals surface area contributed by atoms with Crippen molar-refractivity contribution < 1.29 is 22.3 Å². The number of hydrogen-bond acceptors (Lipinski definition) is 4. The van der Waals surface area contributed by atoms with Gasteiger partial charge < -0.3 is 9.47 Å². The molecule has 2 aromatic rings. The molecule has 0 saturated heterocycles. The molecule has 1 aliphatic heterocycles. The van der Waals surface area contributed by atoms with Gasteiger partial charge >= 0.3 is 0 Å². The Morgan fingerprint density at radius 2 is 1.79 bits per heavy atom. The fraction of sp³-hybridized carbons (Fsp3) is 0.294. The van der Waals surface area contributed by atoms with Crippen molar-refractivity contribution >= 4 is 10.0 Å². The van der Waals surface area contributed by atoms with Gasteiger partial charge in [-0.05, 0) is 48.4 Å². The average Bonchev–Trinajstić information content (AvgIpc) is 2.54. The lowest BCUT2D eigenvalue weighted by atomic mass is 10.2. The van der Waals surface area contributed by atoms with Crippen LogP contribution in [-0.2, 0) is 16.6 Å². The van der Waals surface area contributed by atoms with Gasteiger partial charge in [-0.1, -0.05) is 6.07 Å². The molecule has 0 unspecified atom stereocenters. The molecule has 0 fully saturated rings. The third-order valence-corrected chi connectivity index (χ3v) is 5.80. The maximum absolute atomic E-state index is 13.2. The number of benzene rings is 2. The molecule has 0 saturated carbocycles. The molecule has 1 heterocycles. The van der Waals surface area contributed by atoms with Crippen molar-refractivity contribution in [1.29, 1.82) is 0 Å². The highest BCUT2D eigenvalue weighted by molar-refractivity contribution is 7.89. The molecule has 0 aromatic heterocycles. The molecule has 1 aliphatic rings. The summed E-state index contributed by atoms with van der Waals surface area (Å²) in [6, 6.07) is 9.01. The van der Waals surface area contributed by atoms with Crippen LogP contribution >= 0.6 is 0 Å². The second-order valence-electron chi connectivity index (χ2n) is 5.65. The average molecular weight is 351 g/mol. The van der Waals surface area contributed by atoms with Gasteiger partial charge in [0.2, 0.25) is 10.0 Å². The molecule has 0 atom stereocenters. The zero-order valence-electron chi connectivity index (χ0n) is 13.5. The van der Waals surface area contributed by atoms with Crippen LogP contribution in [0.3, 0.4) is 0 Å². The molecule has 128 valence electrons. The highest BCUT2D eigenvalue weighted by atomic mass is 32.2. The predicted octanol–water partition coefficient (Wildman–Crippen LogP) is 2.73. The summed E-state index contributed by atoms with van der Waals surface area (Å²) in [7, 11) is -2.22. The zero-order valence-corrected chi connectivity index (χ0v) is 14.3. The highest BCUT2D eigenvalue weighted by Gasteiger charge is 2.23. The van der Waals surface area contributed by atoms with E-state index in [0.717, 1.165) is 11.6 Å². The number of halogens is 1. The Labute approximate surface area is 140 Å². The lowest BCUT2D eigenvalue weighted by Crippen LogP contribution is -2.27. The number of sulfonamides is 1. The van der Waals surface area contributed by atoms with E-state index >= 15 is 0 Å². The maximum atomic E-state index is 13.2. The van der Waals surface area contributed by atoms with Crippen LogP contribution in [0.5, 0.6) is 11.5 Å². The number of aryl methyl sites for hydroxylation is 1. The van der Waals surface area contributed by atoms with Gasteiger partial charge in [0.05, 0.1) is 4.90 Å². The van der Waals surface area contributed by atoms with E-state index in [0.29, 0.717) is 30.3 Å². The fourth-order valence-corrected chi connectivity index (χ4v) is 3.96. The van der Waals surface area contributed by atoms with E-state index in [2.05, 4.69) is 0 Å². The van der Waals surface area contributed by atoms with Gasteiger partial charge in [-0.15, -0.1) is 0 Å². The van der Waals surface area contributed by atoms with E-state index in [1.54, 1.807) is 25.1 Å². The Balaban J connectivity index is 1.84. The molecule has 0 bridgehead atoms. The Kier molecular flexibility index (Phi) is 4.47.